The Labute approximate surface area is 195 Å². The number of oxazole rings is 1. The van der Waals surface area contributed by atoms with Crippen molar-refractivity contribution in [2.75, 3.05) is 49.0 Å². The molecule has 2 aliphatic rings. The summed E-state index contributed by atoms with van der Waals surface area (Å²) in [7, 11) is 3.99. The topological polar surface area (TPSA) is 116 Å². The van der Waals surface area contributed by atoms with Gasteiger partial charge in [0.1, 0.15) is 5.52 Å². The molecule has 1 fully saturated rings. The predicted molar refractivity (Wildman–Crippen MR) is 127 cm³/mol. The molecule has 2 aromatic heterocycles. The maximum absolute atomic E-state index is 12.2. The van der Waals surface area contributed by atoms with Gasteiger partial charge in [-0.1, -0.05) is 11.3 Å². The highest BCUT2D eigenvalue weighted by Gasteiger charge is 2.43. The number of fused-ring (bicyclic) bond motifs is 5. The minimum atomic E-state index is -0.985. The van der Waals surface area contributed by atoms with Crippen LogP contribution in [0.3, 0.4) is 0 Å². The molecular formula is C22H28N6O4S. The molecule has 0 aliphatic carbocycles. The molecule has 0 saturated carbocycles. The fourth-order valence-electron chi connectivity index (χ4n) is 4.16. The molecule has 5 rings (SSSR count). The summed E-state index contributed by atoms with van der Waals surface area (Å²) in [5.74, 6) is 0. The Balaban J connectivity index is 1.40. The van der Waals surface area contributed by atoms with Gasteiger partial charge in [0.05, 0.1) is 41.5 Å². The van der Waals surface area contributed by atoms with Crippen molar-refractivity contribution in [2.24, 2.45) is 0 Å². The van der Waals surface area contributed by atoms with Gasteiger partial charge in [0.2, 0.25) is 0 Å². The van der Waals surface area contributed by atoms with Crippen LogP contribution in [0.2, 0.25) is 0 Å². The molecule has 0 unspecified atom stereocenters. The molecule has 33 heavy (non-hydrogen) atoms. The number of carbonyl (C=O) groups excluding carboxylic acids is 1. The zero-order valence-electron chi connectivity index (χ0n) is 19.1. The van der Waals surface area contributed by atoms with Crippen molar-refractivity contribution in [1.82, 2.24) is 15.3 Å². The number of nitrogens with one attached hydrogen (secondary N) is 2. The number of hydrogen-bond acceptors (Lipinski definition) is 9. The summed E-state index contributed by atoms with van der Waals surface area (Å²) in [6.45, 7) is 4.47. The molecule has 10 nitrogen and oxygen atoms in total. The predicted octanol–water partition coefficient (Wildman–Crippen LogP) is 2.75. The van der Waals surface area contributed by atoms with Crippen LogP contribution in [0.5, 0.6) is 0 Å². The first-order chi connectivity index (χ1) is 15.7. The smallest absolute Gasteiger partial charge is 0.321 e. The summed E-state index contributed by atoms with van der Waals surface area (Å²) < 4.78 is 12.0. The Kier molecular flexibility index (Phi) is 5.42. The third-order valence-electron chi connectivity index (χ3n) is 5.77. The van der Waals surface area contributed by atoms with E-state index < -0.39 is 11.6 Å². The maximum atomic E-state index is 12.2. The maximum Gasteiger partial charge on any atom is 0.321 e. The number of urea groups is 1. The highest BCUT2D eigenvalue weighted by molar-refractivity contribution is 7.16. The average molecular weight is 473 g/mol. The van der Waals surface area contributed by atoms with Gasteiger partial charge < -0.3 is 29.4 Å². The molecule has 3 N–H and O–H groups in total. The van der Waals surface area contributed by atoms with Crippen molar-refractivity contribution in [2.45, 2.75) is 38.0 Å². The number of nitrogens with zero attached hydrogens (tertiary/aromatic N) is 4. The standard InChI is InChI=1S/C22H28N6O4S/c1-22(2,30)11-23-19(29)26-20-24-15-8-13-9-31-10-16(18(15)33-20)28(13)21-25-14-7-12(27(3)4)5-6-17(14)32-21/h5-7,13,16,30H,8-11H2,1-4H3,(H2,23,24,26,29)/t13-,16-/m0/s1. The third-order valence-corrected chi connectivity index (χ3v) is 6.89. The summed E-state index contributed by atoms with van der Waals surface area (Å²) in [6.07, 6.45) is 0.678. The molecule has 2 amide bonds. The van der Waals surface area contributed by atoms with Gasteiger partial charge in [-0.2, -0.15) is 4.98 Å². The van der Waals surface area contributed by atoms with Crippen LogP contribution >= 0.6 is 11.3 Å². The second-order valence-corrected chi connectivity index (χ2v) is 10.3. The second kappa shape index (κ2) is 8.15. The number of amides is 2. The van der Waals surface area contributed by atoms with E-state index in [9.17, 15) is 9.90 Å². The first kappa shape index (κ1) is 21.9. The van der Waals surface area contributed by atoms with Gasteiger partial charge in [-0.15, -0.1) is 0 Å². The van der Waals surface area contributed by atoms with Gasteiger partial charge in [0.25, 0.3) is 6.01 Å². The molecule has 1 saturated heterocycles. The highest BCUT2D eigenvalue weighted by Crippen LogP contribution is 2.43. The Bertz CT molecular complexity index is 1180. The van der Waals surface area contributed by atoms with E-state index >= 15 is 0 Å². The van der Waals surface area contributed by atoms with Gasteiger partial charge in [0.15, 0.2) is 10.7 Å². The average Bonchev–Trinajstić information content (AvgIpc) is 3.34. The number of benzene rings is 1. The quantitative estimate of drug-likeness (QED) is 0.519. The molecule has 2 aliphatic heterocycles. The van der Waals surface area contributed by atoms with Crippen molar-refractivity contribution < 1.29 is 19.1 Å². The zero-order chi connectivity index (χ0) is 23.3. The summed E-state index contributed by atoms with van der Waals surface area (Å²) >= 11 is 1.43. The fraction of sp³-hybridized carbons (Fsp3) is 0.500. The lowest BCUT2D eigenvalue weighted by Crippen LogP contribution is -2.51. The molecule has 3 aromatic rings. The van der Waals surface area contributed by atoms with Gasteiger partial charge >= 0.3 is 6.03 Å². The first-order valence-electron chi connectivity index (χ1n) is 10.9. The van der Waals surface area contributed by atoms with Crippen molar-refractivity contribution in [3.8, 4) is 0 Å². The third kappa shape index (κ3) is 4.35. The molecule has 4 heterocycles. The number of aliphatic hydroxyl groups is 1. The van der Waals surface area contributed by atoms with Crippen LogP contribution in [0.25, 0.3) is 11.1 Å². The van der Waals surface area contributed by atoms with Crippen molar-refractivity contribution in [3.05, 3.63) is 28.8 Å². The van der Waals surface area contributed by atoms with Crippen molar-refractivity contribution >= 4 is 45.3 Å². The van der Waals surface area contributed by atoms with E-state index in [0.29, 0.717) is 30.8 Å². The minimum absolute atomic E-state index is 0.0524. The summed E-state index contributed by atoms with van der Waals surface area (Å²) in [6, 6.07) is 6.14. The van der Waals surface area contributed by atoms with E-state index in [4.69, 9.17) is 14.1 Å². The van der Waals surface area contributed by atoms with Gasteiger partial charge in [-0.3, -0.25) is 5.32 Å². The number of hydrogen-bond donors (Lipinski definition) is 3. The normalized spacial score (nSPS) is 20.0. The van der Waals surface area contributed by atoms with E-state index in [1.54, 1.807) is 13.8 Å². The van der Waals surface area contributed by atoms with Crippen LogP contribution in [-0.4, -0.2) is 66.6 Å². The number of rotatable bonds is 5. The molecule has 11 heteroatoms. The minimum Gasteiger partial charge on any atom is -0.423 e. The Morgan fingerprint density at radius 1 is 1.33 bits per heavy atom. The Morgan fingerprint density at radius 2 is 2.15 bits per heavy atom. The number of thiazole rings is 1. The molecule has 0 spiro atoms. The highest BCUT2D eigenvalue weighted by atomic mass is 32.1. The second-order valence-electron chi connectivity index (χ2n) is 9.31. The van der Waals surface area contributed by atoms with Crippen LogP contribution in [0.1, 0.15) is 30.5 Å². The lowest BCUT2D eigenvalue weighted by molar-refractivity contribution is 0.0579. The van der Waals surface area contributed by atoms with E-state index in [1.165, 1.54) is 11.3 Å². The largest absolute Gasteiger partial charge is 0.423 e. The fourth-order valence-corrected chi connectivity index (χ4v) is 5.23. The summed E-state index contributed by atoms with van der Waals surface area (Å²) in [5, 5.41) is 15.8. The van der Waals surface area contributed by atoms with Crippen LogP contribution in [0, 0.1) is 0 Å². The van der Waals surface area contributed by atoms with Crippen LogP contribution in [0.15, 0.2) is 22.6 Å². The van der Waals surface area contributed by atoms with E-state index in [0.717, 1.165) is 27.4 Å². The Morgan fingerprint density at radius 3 is 2.91 bits per heavy atom. The van der Waals surface area contributed by atoms with Crippen LogP contribution in [0.4, 0.5) is 21.6 Å². The lowest BCUT2D eigenvalue weighted by atomic mass is 9.97. The van der Waals surface area contributed by atoms with E-state index in [2.05, 4.69) is 20.5 Å². The number of carbonyl (C=O) groups is 1. The molecule has 2 bridgehead atoms. The van der Waals surface area contributed by atoms with Crippen LogP contribution < -0.4 is 20.4 Å². The number of aromatic nitrogens is 2. The van der Waals surface area contributed by atoms with E-state index in [1.807, 2.05) is 37.2 Å². The molecule has 1 aromatic carbocycles. The summed E-state index contributed by atoms with van der Waals surface area (Å²) in [4.78, 5) is 27.0. The van der Waals surface area contributed by atoms with Gasteiger partial charge in [-0.25, -0.2) is 9.78 Å². The number of anilines is 3. The van der Waals surface area contributed by atoms with Crippen molar-refractivity contribution in [3.63, 3.8) is 0 Å². The molecule has 2 atom stereocenters. The van der Waals surface area contributed by atoms with Gasteiger partial charge in [-0.05, 0) is 32.0 Å². The molecule has 0 radical (unpaired) electrons. The Hall–Kier alpha value is -2.89. The lowest BCUT2D eigenvalue weighted by Gasteiger charge is -2.43. The molecule has 176 valence electrons. The first-order valence-corrected chi connectivity index (χ1v) is 11.7. The molecular weight excluding hydrogens is 444 g/mol. The zero-order valence-corrected chi connectivity index (χ0v) is 19.9. The monoisotopic (exact) mass is 472 g/mol. The van der Waals surface area contributed by atoms with Crippen molar-refractivity contribution in [1.29, 1.82) is 0 Å². The van der Waals surface area contributed by atoms with Crippen LogP contribution in [-0.2, 0) is 11.2 Å². The van der Waals surface area contributed by atoms with Gasteiger partial charge in [0, 0.05) is 32.7 Å². The SMILES string of the molecule is CN(C)c1ccc2oc(N3[C@@H]4COC[C@H]3c3sc(NC(=O)NCC(C)(C)O)nc3C4)nc2c1. The number of morpholine rings is 1. The summed E-state index contributed by atoms with van der Waals surface area (Å²) in [5.41, 5.74) is 2.61. The van der Waals surface area contributed by atoms with E-state index in [-0.39, 0.29) is 18.6 Å². The number of ether oxygens (including phenoxy) is 1.